The minimum absolute atomic E-state index is 0.101. The van der Waals surface area contributed by atoms with E-state index in [1.165, 1.54) is 5.56 Å². The van der Waals surface area contributed by atoms with Crippen molar-refractivity contribution in [2.24, 2.45) is 0 Å². The van der Waals surface area contributed by atoms with Crippen LogP contribution in [0, 0.1) is 0 Å². The quantitative estimate of drug-likeness (QED) is 0.598. The van der Waals surface area contributed by atoms with Gasteiger partial charge in [0.05, 0.1) is 19.8 Å². The van der Waals surface area contributed by atoms with Crippen LogP contribution in [-0.4, -0.2) is 31.6 Å². The molecule has 0 unspecified atom stereocenters. The number of hydrogen-bond acceptors (Lipinski definition) is 3. The normalized spacial score (nSPS) is 21.8. The van der Waals surface area contributed by atoms with Gasteiger partial charge in [0.2, 0.25) is 5.91 Å². The lowest BCUT2D eigenvalue weighted by atomic mass is 9.78. The lowest BCUT2D eigenvalue weighted by molar-refractivity contribution is -0.129. The Morgan fingerprint density at radius 1 is 1.30 bits per heavy atom. The van der Waals surface area contributed by atoms with E-state index in [9.17, 15) is 4.79 Å². The Morgan fingerprint density at radius 3 is 2.74 bits per heavy atom. The number of unbranched alkanes of at least 4 members (excludes halogenated alkanes) is 1. The van der Waals surface area contributed by atoms with Crippen molar-refractivity contribution in [3.05, 3.63) is 48.1 Å². The van der Waals surface area contributed by atoms with E-state index in [0.29, 0.717) is 5.75 Å². The molecule has 0 radical (unpaired) electrons. The monoisotopic (exact) mass is 313 g/mol. The van der Waals surface area contributed by atoms with Crippen LogP contribution in [0.5, 0.6) is 11.5 Å². The molecule has 0 fully saturated rings. The van der Waals surface area contributed by atoms with E-state index in [4.69, 9.17) is 9.47 Å². The zero-order valence-corrected chi connectivity index (χ0v) is 13.8. The third-order valence-electron chi connectivity index (χ3n) is 4.90. The number of nitrogens with zero attached hydrogens (tertiary/aromatic N) is 1. The molecule has 0 aromatic heterocycles. The molecule has 0 saturated carbocycles. The molecule has 3 rings (SSSR count). The fourth-order valence-electron chi connectivity index (χ4n) is 3.76. The molecule has 4 heteroatoms. The Labute approximate surface area is 137 Å². The maximum Gasteiger partial charge on any atom is 0.247 e. The summed E-state index contributed by atoms with van der Waals surface area (Å²) in [4.78, 5) is 14.3. The van der Waals surface area contributed by atoms with E-state index in [1.807, 2.05) is 17.0 Å². The smallest absolute Gasteiger partial charge is 0.247 e. The number of benzene rings is 1. The van der Waals surface area contributed by atoms with Gasteiger partial charge in [-0.3, -0.25) is 4.79 Å². The van der Waals surface area contributed by atoms with E-state index in [1.54, 1.807) is 20.3 Å². The fraction of sp³-hybridized carbons (Fsp3) is 0.421. The van der Waals surface area contributed by atoms with Crippen molar-refractivity contribution >= 4 is 5.91 Å². The number of allylic oxidation sites excluding steroid dienone is 1. The lowest BCUT2D eigenvalue weighted by Crippen LogP contribution is -2.48. The molecule has 0 N–H and O–H groups in total. The van der Waals surface area contributed by atoms with Crippen LogP contribution in [0.3, 0.4) is 0 Å². The van der Waals surface area contributed by atoms with Crippen molar-refractivity contribution in [3.8, 4) is 11.5 Å². The molecule has 1 amide bonds. The summed E-state index contributed by atoms with van der Waals surface area (Å²) in [5, 5.41) is 0. The first kappa shape index (κ1) is 15.7. The second-order valence-electron chi connectivity index (χ2n) is 6.04. The zero-order valence-electron chi connectivity index (χ0n) is 13.8. The molecule has 2 aliphatic heterocycles. The van der Waals surface area contributed by atoms with Gasteiger partial charge in [0.25, 0.3) is 0 Å². The van der Waals surface area contributed by atoms with Gasteiger partial charge in [-0.25, -0.2) is 0 Å². The Bertz CT molecular complexity index is 665. The number of hydrogen-bond donors (Lipinski definition) is 0. The molecule has 1 atom stereocenters. The summed E-state index contributed by atoms with van der Waals surface area (Å²) in [7, 11) is 3.29. The summed E-state index contributed by atoms with van der Waals surface area (Å²) >= 11 is 0. The van der Waals surface area contributed by atoms with Crippen molar-refractivity contribution in [1.82, 2.24) is 4.90 Å². The molecule has 0 spiro atoms. The second-order valence-corrected chi connectivity index (χ2v) is 6.04. The molecule has 4 nitrogen and oxygen atoms in total. The second kappa shape index (κ2) is 6.11. The Balaban J connectivity index is 2.09. The standard InChI is InChI=1S/C19H23NO3/c1-4-5-6-9-19-10-7-18(21)20(19)11-8-14-12-16(22-2)17(23-3)13-15(14)19/h4,7,10,12-13H,1,5-6,8-9,11H2,2-3H3/t19-/m0/s1. The van der Waals surface area contributed by atoms with Crippen LogP contribution in [0.2, 0.25) is 0 Å². The van der Waals surface area contributed by atoms with E-state index in [-0.39, 0.29) is 11.4 Å². The Hall–Kier alpha value is -2.23. The van der Waals surface area contributed by atoms with Gasteiger partial charge in [0.15, 0.2) is 11.5 Å². The molecule has 0 saturated heterocycles. The summed E-state index contributed by atoms with van der Waals surface area (Å²) in [6, 6.07) is 4.09. The van der Waals surface area contributed by atoms with Gasteiger partial charge < -0.3 is 14.4 Å². The van der Waals surface area contributed by atoms with Crippen molar-refractivity contribution in [2.45, 2.75) is 31.2 Å². The summed E-state index contributed by atoms with van der Waals surface area (Å²) in [6.07, 6.45) is 9.36. The largest absolute Gasteiger partial charge is 0.493 e. The van der Waals surface area contributed by atoms with Gasteiger partial charge >= 0.3 is 0 Å². The average molecular weight is 313 g/mol. The van der Waals surface area contributed by atoms with Crippen LogP contribution >= 0.6 is 0 Å². The van der Waals surface area contributed by atoms with Crippen LogP contribution in [0.4, 0.5) is 0 Å². The molecule has 0 bridgehead atoms. The molecule has 1 aromatic rings. The zero-order chi connectivity index (χ0) is 16.4. The highest BCUT2D eigenvalue weighted by atomic mass is 16.5. The molecule has 2 aliphatic rings. The number of amides is 1. The van der Waals surface area contributed by atoms with Crippen molar-refractivity contribution in [3.63, 3.8) is 0 Å². The molecule has 0 aliphatic carbocycles. The molecular formula is C19H23NO3. The summed E-state index contributed by atoms with van der Waals surface area (Å²) in [5.74, 6) is 1.56. The number of fused-ring (bicyclic) bond motifs is 3. The van der Waals surface area contributed by atoms with Crippen molar-refractivity contribution in [1.29, 1.82) is 0 Å². The van der Waals surface area contributed by atoms with E-state index < -0.39 is 0 Å². The molecule has 2 heterocycles. The summed E-state index contributed by atoms with van der Waals surface area (Å²) in [6.45, 7) is 4.54. The SMILES string of the molecule is C=CCCC[C@@]12C=CC(=O)N1CCc1cc(OC)c(OC)cc12. The van der Waals surface area contributed by atoms with Crippen LogP contribution in [0.1, 0.15) is 30.4 Å². The first-order valence-corrected chi connectivity index (χ1v) is 8.03. The molecular weight excluding hydrogens is 290 g/mol. The van der Waals surface area contributed by atoms with Crippen molar-refractivity contribution < 1.29 is 14.3 Å². The maximum atomic E-state index is 12.3. The minimum Gasteiger partial charge on any atom is -0.493 e. The average Bonchev–Trinajstić information content (AvgIpc) is 2.91. The van der Waals surface area contributed by atoms with E-state index in [2.05, 4.69) is 18.7 Å². The van der Waals surface area contributed by atoms with Crippen LogP contribution in [-0.2, 0) is 16.8 Å². The first-order chi connectivity index (χ1) is 11.2. The maximum absolute atomic E-state index is 12.3. The predicted octanol–water partition coefficient (Wildman–Crippen LogP) is 3.21. The lowest BCUT2D eigenvalue weighted by Gasteiger charge is -2.44. The van der Waals surface area contributed by atoms with Gasteiger partial charge in [0, 0.05) is 12.6 Å². The highest BCUT2D eigenvalue weighted by Gasteiger charge is 2.46. The third kappa shape index (κ3) is 2.42. The number of rotatable bonds is 6. The third-order valence-corrected chi connectivity index (χ3v) is 4.90. The van der Waals surface area contributed by atoms with Gasteiger partial charge in [-0.15, -0.1) is 6.58 Å². The molecule has 122 valence electrons. The van der Waals surface area contributed by atoms with Crippen LogP contribution in [0.15, 0.2) is 36.9 Å². The van der Waals surface area contributed by atoms with E-state index in [0.717, 1.165) is 43.5 Å². The molecule has 23 heavy (non-hydrogen) atoms. The highest BCUT2D eigenvalue weighted by molar-refractivity contribution is 5.92. The molecule has 1 aromatic carbocycles. The number of carbonyl (C=O) groups is 1. The van der Waals surface area contributed by atoms with E-state index >= 15 is 0 Å². The number of ether oxygens (including phenoxy) is 2. The Kier molecular flexibility index (Phi) is 4.16. The van der Waals surface area contributed by atoms with Gasteiger partial charge in [0.1, 0.15) is 0 Å². The van der Waals surface area contributed by atoms with Crippen LogP contribution < -0.4 is 9.47 Å². The summed E-state index contributed by atoms with van der Waals surface area (Å²) in [5.41, 5.74) is 2.04. The van der Waals surface area contributed by atoms with Crippen LogP contribution in [0.25, 0.3) is 0 Å². The van der Waals surface area contributed by atoms with Gasteiger partial charge in [-0.2, -0.15) is 0 Å². The fourth-order valence-corrected chi connectivity index (χ4v) is 3.76. The highest BCUT2D eigenvalue weighted by Crippen LogP contribution is 2.47. The Morgan fingerprint density at radius 2 is 2.04 bits per heavy atom. The van der Waals surface area contributed by atoms with Gasteiger partial charge in [-0.05, 0) is 55.0 Å². The van der Waals surface area contributed by atoms with Gasteiger partial charge in [-0.1, -0.05) is 6.08 Å². The first-order valence-electron chi connectivity index (χ1n) is 8.03. The minimum atomic E-state index is -0.354. The predicted molar refractivity (Wildman–Crippen MR) is 89.8 cm³/mol. The van der Waals surface area contributed by atoms with Crippen molar-refractivity contribution in [2.75, 3.05) is 20.8 Å². The summed E-state index contributed by atoms with van der Waals surface area (Å²) < 4.78 is 10.9. The number of methoxy groups -OCH3 is 2. The topological polar surface area (TPSA) is 38.8 Å². The number of carbonyl (C=O) groups excluding carboxylic acids is 1.